The van der Waals surface area contributed by atoms with Gasteiger partial charge in [0, 0.05) is 18.3 Å². The SMILES string of the molecule is O=C1N[C@@]2(CCSC2)C(=O)N1CC(=O)N(Cc1ccccc1)[C@@H]1CCS(=O)(=O)C1. The summed E-state index contributed by atoms with van der Waals surface area (Å²) in [6, 6.07) is 8.28. The Balaban J connectivity index is 1.53. The van der Waals surface area contributed by atoms with Crippen molar-refractivity contribution >= 4 is 39.4 Å². The van der Waals surface area contributed by atoms with E-state index < -0.39 is 33.4 Å². The number of hydrogen-bond donors (Lipinski definition) is 1. The molecule has 0 aromatic heterocycles. The van der Waals surface area contributed by atoms with Crippen LogP contribution in [0.1, 0.15) is 18.4 Å². The van der Waals surface area contributed by atoms with Crippen LogP contribution in [0.25, 0.3) is 0 Å². The van der Waals surface area contributed by atoms with Crippen LogP contribution in [-0.4, -0.2) is 77.2 Å². The molecule has 2 atom stereocenters. The Morgan fingerprint density at radius 2 is 2.03 bits per heavy atom. The molecule has 0 aliphatic carbocycles. The van der Waals surface area contributed by atoms with Crippen molar-refractivity contribution in [1.82, 2.24) is 15.1 Å². The molecule has 0 unspecified atom stereocenters. The van der Waals surface area contributed by atoms with Gasteiger partial charge in [-0.1, -0.05) is 30.3 Å². The van der Waals surface area contributed by atoms with Crippen molar-refractivity contribution in [3.05, 3.63) is 35.9 Å². The molecule has 8 nitrogen and oxygen atoms in total. The van der Waals surface area contributed by atoms with Crippen molar-refractivity contribution in [2.24, 2.45) is 0 Å². The highest BCUT2D eigenvalue weighted by Gasteiger charge is 2.53. The topological polar surface area (TPSA) is 104 Å². The van der Waals surface area contributed by atoms with Crippen LogP contribution in [0.5, 0.6) is 0 Å². The third-order valence-electron chi connectivity index (χ3n) is 5.73. The zero-order chi connectivity index (χ0) is 20.6. The van der Waals surface area contributed by atoms with Gasteiger partial charge in [-0.2, -0.15) is 11.8 Å². The third-order valence-corrected chi connectivity index (χ3v) is 8.67. The molecule has 0 saturated carbocycles. The first kappa shape index (κ1) is 20.2. The first-order valence-electron chi connectivity index (χ1n) is 9.55. The number of nitrogens with one attached hydrogen (secondary N) is 1. The second-order valence-electron chi connectivity index (χ2n) is 7.77. The van der Waals surface area contributed by atoms with E-state index in [9.17, 15) is 22.8 Å². The number of hydrogen-bond acceptors (Lipinski definition) is 6. The molecular formula is C19H23N3O5S2. The van der Waals surface area contributed by atoms with Crippen molar-refractivity contribution in [3.8, 4) is 0 Å². The number of benzene rings is 1. The van der Waals surface area contributed by atoms with Crippen molar-refractivity contribution in [3.63, 3.8) is 0 Å². The molecule has 4 amide bonds. The van der Waals surface area contributed by atoms with E-state index in [0.29, 0.717) is 18.6 Å². The molecule has 3 heterocycles. The number of nitrogens with zero attached hydrogens (tertiary/aromatic N) is 2. The molecule has 3 fully saturated rings. The summed E-state index contributed by atoms with van der Waals surface area (Å²) in [5, 5.41) is 2.76. The fraction of sp³-hybridized carbons (Fsp3) is 0.526. The standard InChI is InChI=1S/C19H23N3O5S2/c23-16(11-22-17(24)19(20-18(22)25)7-8-28-13-19)21(10-14-4-2-1-3-5-14)15-6-9-29(26,27)12-15/h1-5,15H,6-13H2,(H,20,25)/t15-,19-/m1/s1. The van der Waals surface area contributed by atoms with Crippen LogP contribution in [0, 0.1) is 0 Å². The van der Waals surface area contributed by atoms with E-state index in [0.717, 1.165) is 16.2 Å². The Hall–Kier alpha value is -2.07. The molecule has 29 heavy (non-hydrogen) atoms. The number of carbonyl (C=O) groups is 3. The molecule has 0 radical (unpaired) electrons. The van der Waals surface area contributed by atoms with E-state index in [1.165, 1.54) is 4.90 Å². The lowest BCUT2D eigenvalue weighted by Crippen LogP contribution is -2.49. The molecule has 0 bridgehead atoms. The second-order valence-corrected chi connectivity index (χ2v) is 11.1. The van der Waals surface area contributed by atoms with E-state index >= 15 is 0 Å². The minimum absolute atomic E-state index is 0.0414. The second kappa shape index (κ2) is 7.64. The van der Waals surface area contributed by atoms with Crippen LogP contribution in [0.3, 0.4) is 0 Å². The van der Waals surface area contributed by atoms with Gasteiger partial charge < -0.3 is 10.2 Å². The molecule has 4 rings (SSSR count). The molecule has 1 N–H and O–H groups in total. The Kier molecular flexibility index (Phi) is 5.32. The number of thioether (sulfide) groups is 1. The van der Waals surface area contributed by atoms with E-state index in [1.807, 2.05) is 30.3 Å². The number of carbonyl (C=O) groups excluding carboxylic acids is 3. The summed E-state index contributed by atoms with van der Waals surface area (Å²) in [5.41, 5.74) is -0.0331. The summed E-state index contributed by atoms with van der Waals surface area (Å²) in [6.07, 6.45) is 0.920. The number of urea groups is 1. The first-order valence-corrected chi connectivity index (χ1v) is 12.5. The maximum absolute atomic E-state index is 13.1. The molecule has 1 aromatic carbocycles. The number of imide groups is 1. The number of sulfone groups is 1. The van der Waals surface area contributed by atoms with Gasteiger partial charge in [0.1, 0.15) is 12.1 Å². The lowest BCUT2D eigenvalue weighted by atomic mass is 9.99. The van der Waals surface area contributed by atoms with Crippen LogP contribution in [0.4, 0.5) is 4.79 Å². The van der Waals surface area contributed by atoms with Crippen LogP contribution >= 0.6 is 11.8 Å². The highest BCUT2D eigenvalue weighted by molar-refractivity contribution is 7.99. The summed E-state index contributed by atoms with van der Waals surface area (Å²) in [4.78, 5) is 40.9. The van der Waals surface area contributed by atoms with Crippen LogP contribution in [0.2, 0.25) is 0 Å². The predicted molar refractivity (Wildman–Crippen MR) is 109 cm³/mol. The zero-order valence-electron chi connectivity index (χ0n) is 15.9. The summed E-state index contributed by atoms with van der Waals surface area (Å²) in [5.74, 6) is 0.471. The van der Waals surface area contributed by atoms with E-state index in [-0.39, 0.29) is 30.5 Å². The van der Waals surface area contributed by atoms with Crippen molar-refractivity contribution < 1.29 is 22.8 Å². The van der Waals surface area contributed by atoms with Crippen molar-refractivity contribution in [1.29, 1.82) is 0 Å². The van der Waals surface area contributed by atoms with Gasteiger partial charge in [0.25, 0.3) is 5.91 Å². The van der Waals surface area contributed by atoms with Crippen LogP contribution in [-0.2, 0) is 26.0 Å². The Morgan fingerprint density at radius 3 is 2.66 bits per heavy atom. The quantitative estimate of drug-likeness (QED) is 0.678. The van der Waals surface area contributed by atoms with E-state index in [1.54, 1.807) is 11.8 Å². The largest absolute Gasteiger partial charge is 0.333 e. The van der Waals surface area contributed by atoms with Crippen LogP contribution < -0.4 is 5.32 Å². The van der Waals surface area contributed by atoms with Gasteiger partial charge in [-0.3, -0.25) is 14.5 Å². The summed E-state index contributed by atoms with van der Waals surface area (Å²) < 4.78 is 23.9. The average Bonchev–Trinajstić information content (AvgIpc) is 3.36. The average molecular weight is 438 g/mol. The maximum Gasteiger partial charge on any atom is 0.325 e. The smallest absolute Gasteiger partial charge is 0.325 e. The Morgan fingerprint density at radius 1 is 1.28 bits per heavy atom. The monoisotopic (exact) mass is 437 g/mol. The van der Waals surface area contributed by atoms with Crippen molar-refractivity contribution in [2.75, 3.05) is 29.6 Å². The molecule has 10 heteroatoms. The normalized spacial score (nSPS) is 28.1. The van der Waals surface area contributed by atoms with E-state index in [2.05, 4.69) is 5.32 Å². The summed E-state index contributed by atoms with van der Waals surface area (Å²) in [6.45, 7) is -0.134. The van der Waals surface area contributed by atoms with E-state index in [4.69, 9.17) is 0 Å². The zero-order valence-corrected chi connectivity index (χ0v) is 17.5. The van der Waals surface area contributed by atoms with Gasteiger partial charge in [-0.05, 0) is 24.2 Å². The van der Waals surface area contributed by atoms with Crippen molar-refractivity contribution in [2.45, 2.75) is 31.0 Å². The molecule has 3 saturated heterocycles. The summed E-state index contributed by atoms with van der Waals surface area (Å²) in [7, 11) is -3.19. The highest BCUT2D eigenvalue weighted by atomic mass is 32.2. The maximum atomic E-state index is 13.1. The third kappa shape index (κ3) is 4.00. The molecule has 1 spiro atoms. The first-order chi connectivity index (χ1) is 13.8. The van der Waals surface area contributed by atoms with Gasteiger partial charge >= 0.3 is 6.03 Å². The molecule has 3 aliphatic heterocycles. The lowest BCUT2D eigenvalue weighted by molar-refractivity contribution is -0.140. The molecular weight excluding hydrogens is 414 g/mol. The Labute approximate surface area is 173 Å². The van der Waals surface area contributed by atoms with Gasteiger partial charge in [-0.25, -0.2) is 13.2 Å². The molecule has 156 valence electrons. The fourth-order valence-electron chi connectivity index (χ4n) is 4.10. The molecule has 1 aromatic rings. The predicted octanol–water partition coefficient (Wildman–Crippen LogP) is 0.630. The number of amides is 4. The fourth-order valence-corrected chi connectivity index (χ4v) is 7.16. The Bertz CT molecular complexity index is 928. The van der Waals surface area contributed by atoms with Gasteiger partial charge in [0.2, 0.25) is 5.91 Å². The van der Waals surface area contributed by atoms with Gasteiger partial charge in [-0.15, -0.1) is 0 Å². The van der Waals surface area contributed by atoms with Gasteiger partial charge in [0.15, 0.2) is 9.84 Å². The van der Waals surface area contributed by atoms with Gasteiger partial charge in [0.05, 0.1) is 11.5 Å². The minimum atomic E-state index is -3.19. The van der Waals surface area contributed by atoms with Crippen LogP contribution in [0.15, 0.2) is 30.3 Å². The lowest BCUT2D eigenvalue weighted by Gasteiger charge is -2.30. The highest BCUT2D eigenvalue weighted by Crippen LogP contribution is 2.33. The number of rotatable bonds is 5. The summed E-state index contributed by atoms with van der Waals surface area (Å²) >= 11 is 1.60. The minimum Gasteiger partial charge on any atom is -0.333 e. The molecule has 3 aliphatic rings.